The molecule has 1 fully saturated rings. The van der Waals surface area contributed by atoms with Crippen molar-refractivity contribution < 1.29 is 0 Å². The molecule has 7 heteroatoms. The summed E-state index contributed by atoms with van der Waals surface area (Å²) in [5.41, 5.74) is 6.55. The molecule has 1 saturated heterocycles. The van der Waals surface area contributed by atoms with Crippen LogP contribution >= 0.6 is 0 Å². The SMILES string of the molecule is O=c1cnc2cc3c(cc2[nH]1)nc(-c1ccc(-c2ccncc2)cc1)n3CCCN1CCCCC1. The molecule has 0 saturated carbocycles. The summed E-state index contributed by atoms with van der Waals surface area (Å²) in [6, 6.07) is 16.6. The lowest BCUT2D eigenvalue weighted by molar-refractivity contribution is 0.223. The Kier molecular flexibility index (Phi) is 5.84. The van der Waals surface area contributed by atoms with Gasteiger partial charge in [0.15, 0.2) is 0 Å². The van der Waals surface area contributed by atoms with Crippen molar-refractivity contribution in [2.45, 2.75) is 32.2 Å². The Morgan fingerprint density at radius 3 is 2.37 bits per heavy atom. The summed E-state index contributed by atoms with van der Waals surface area (Å²) in [5.74, 6) is 0.942. The zero-order chi connectivity index (χ0) is 23.6. The monoisotopic (exact) mass is 464 g/mol. The lowest BCUT2D eigenvalue weighted by Gasteiger charge is -2.26. The molecule has 5 aromatic rings. The van der Waals surface area contributed by atoms with Crippen LogP contribution < -0.4 is 5.56 Å². The van der Waals surface area contributed by atoms with E-state index in [0.717, 1.165) is 58.6 Å². The third-order valence-electron chi connectivity index (χ3n) is 6.91. The normalized spacial score (nSPS) is 14.6. The van der Waals surface area contributed by atoms with Crippen LogP contribution in [-0.4, -0.2) is 49.0 Å². The molecular weight excluding hydrogens is 436 g/mol. The number of rotatable bonds is 6. The van der Waals surface area contributed by atoms with E-state index in [1.807, 2.05) is 36.7 Å². The van der Waals surface area contributed by atoms with Gasteiger partial charge in [-0.15, -0.1) is 0 Å². The van der Waals surface area contributed by atoms with Crippen molar-refractivity contribution in [3.8, 4) is 22.5 Å². The number of fused-ring (bicyclic) bond motifs is 2. The third kappa shape index (κ3) is 4.47. The van der Waals surface area contributed by atoms with Gasteiger partial charge in [-0.05, 0) is 74.3 Å². The number of piperidine rings is 1. The van der Waals surface area contributed by atoms with Crippen LogP contribution in [-0.2, 0) is 6.54 Å². The van der Waals surface area contributed by atoms with Crippen LogP contribution in [0.25, 0.3) is 44.6 Å². The molecule has 1 aliphatic heterocycles. The maximum Gasteiger partial charge on any atom is 0.266 e. The fraction of sp³-hybridized carbons (Fsp3) is 0.286. The van der Waals surface area contributed by atoms with Gasteiger partial charge in [0.1, 0.15) is 5.82 Å². The Hall–Kier alpha value is -3.84. The minimum absolute atomic E-state index is 0.204. The number of nitrogens with zero attached hydrogens (tertiary/aromatic N) is 5. The predicted molar refractivity (Wildman–Crippen MR) is 139 cm³/mol. The first kappa shape index (κ1) is 21.7. The molecule has 0 aliphatic carbocycles. The first-order valence-corrected chi connectivity index (χ1v) is 12.4. The number of nitrogens with one attached hydrogen (secondary N) is 1. The Bertz CT molecular complexity index is 1510. The van der Waals surface area contributed by atoms with Crippen molar-refractivity contribution in [2.24, 2.45) is 0 Å². The number of hydrogen-bond donors (Lipinski definition) is 1. The van der Waals surface area contributed by atoms with Gasteiger partial charge in [-0.1, -0.05) is 30.7 Å². The van der Waals surface area contributed by atoms with Crippen LogP contribution in [0.1, 0.15) is 25.7 Å². The second-order valence-corrected chi connectivity index (χ2v) is 9.26. The molecule has 4 heterocycles. The zero-order valence-corrected chi connectivity index (χ0v) is 19.7. The van der Waals surface area contributed by atoms with Crippen LogP contribution in [0, 0.1) is 0 Å². The molecule has 2 aromatic carbocycles. The molecule has 0 amide bonds. The molecular formula is C28H28N6O. The average Bonchev–Trinajstić information content (AvgIpc) is 3.26. The number of H-pyrrole nitrogens is 1. The lowest BCUT2D eigenvalue weighted by Crippen LogP contribution is -2.31. The maximum absolute atomic E-state index is 11.8. The zero-order valence-electron chi connectivity index (χ0n) is 19.7. The first-order chi connectivity index (χ1) is 17.2. The summed E-state index contributed by atoms with van der Waals surface area (Å²) in [5, 5.41) is 0. The average molecular weight is 465 g/mol. The Balaban J connectivity index is 1.38. The second-order valence-electron chi connectivity index (χ2n) is 9.26. The summed E-state index contributed by atoms with van der Waals surface area (Å²) < 4.78 is 2.31. The Morgan fingerprint density at radius 1 is 0.829 bits per heavy atom. The smallest absolute Gasteiger partial charge is 0.266 e. The number of pyridine rings is 1. The molecule has 6 rings (SSSR count). The van der Waals surface area contributed by atoms with Crippen molar-refractivity contribution in [1.82, 2.24) is 29.4 Å². The van der Waals surface area contributed by atoms with E-state index < -0.39 is 0 Å². The third-order valence-corrected chi connectivity index (χ3v) is 6.91. The van der Waals surface area contributed by atoms with E-state index in [9.17, 15) is 4.79 Å². The summed E-state index contributed by atoms with van der Waals surface area (Å²) in [6.07, 6.45) is 9.99. The van der Waals surface area contributed by atoms with Gasteiger partial charge in [0.2, 0.25) is 0 Å². The molecule has 176 valence electrons. The fourth-order valence-corrected chi connectivity index (χ4v) is 5.10. The number of likely N-dealkylation sites (tertiary alicyclic amines) is 1. The predicted octanol–water partition coefficient (Wildman–Crippen LogP) is 4.88. The van der Waals surface area contributed by atoms with Crippen molar-refractivity contribution in [3.05, 3.63) is 77.5 Å². The second kappa shape index (κ2) is 9.43. The highest BCUT2D eigenvalue weighted by atomic mass is 16.1. The van der Waals surface area contributed by atoms with Crippen LogP contribution in [0.5, 0.6) is 0 Å². The molecule has 1 aliphatic rings. The lowest BCUT2D eigenvalue weighted by atomic mass is 10.0. The topological polar surface area (TPSA) is 79.7 Å². The summed E-state index contributed by atoms with van der Waals surface area (Å²) >= 11 is 0. The van der Waals surface area contributed by atoms with Crippen LogP contribution in [0.3, 0.4) is 0 Å². The van der Waals surface area contributed by atoms with Crippen molar-refractivity contribution in [1.29, 1.82) is 0 Å². The van der Waals surface area contributed by atoms with Gasteiger partial charge in [0.25, 0.3) is 5.56 Å². The summed E-state index contributed by atoms with van der Waals surface area (Å²) in [7, 11) is 0. The number of benzene rings is 2. The molecule has 7 nitrogen and oxygen atoms in total. The molecule has 35 heavy (non-hydrogen) atoms. The minimum atomic E-state index is -0.204. The molecule has 0 unspecified atom stereocenters. The van der Waals surface area contributed by atoms with Crippen LogP contribution in [0.2, 0.25) is 0 Å². The number of aromatic nitrogens is 5. The highest BCUT2D eigenvalue weighted by molar-refractivity contribution is 5.93. The fourth-order valence-electron chi connectivity index (χ4n) is 5.10. The number of imidazole rings is 1. The van der Waals surface area contributed by atoms with E-state index >= 15 is 0 Å². The van der Waals surface area contributed by atoms with Gasteiger partial charge >= 0.3 is 0 Å². The van der Waals surface area contributed by atoms with Gasteiger partial charge in [0.05, 0.1) is 28.3 Å². The van der Waals surface area contributed by atoms with Crippen LogP contribution in [0.4, 0.5) is 0 Å². The highest BCUT2D eigenvalue weighted by Gasteiger charge is 2.16. The highest BCUT2D eigenvalue weighted by Crippen LogP contribution is 2.29. The van der Waals surface area contributed by atoms with E-state index in [1.54, 1.807) is 0 Å². The van der Waals surface area contributed by atoms with Crippen molar-refractivity contribution in [2.75, 3.05) is 19.6 Å². The first-order valence-electron chi connectivity index (χ1n) is 12.4. The quantitative estimate of drug-likeness (QED) is 0.388. The van der Waals surface area contributed by atoms with E-state index in [2.05, 4.69) is 48.7 Å². The van der Waals surface area contributed by atoms with Crippen molar-refractivity contribution in [3.63, 3.8) is 0 Å². The van der Waals surface area contributed by atoms with E-state index in [4.69, 9.17) is 4.98 Å². The van der Waals surface area contributed by atoms with Gasteiger partial charge < -0.3 is 14.5 Å². The van der Waals surface area contributed by atoms with E-state index in [1.165, 1.54) is 38.5 Å². The maximum atomic E-state index is 11.8. The standard InChI is InChI=1S/C28H28N6O/c35-27-19-30-23-18-26-25(17-24(23)31-27)32-28(34(26)16-4-15-33-13-2-1-3-14-33)22-7-5-20(6-8-22)21-9-11-29-12-10-21/h5-12,17-19H,1-4,13-16H2,(H,31,35). The molecule has 0 atom stereocenters. The minimum Gasteiger partial charge on any atom is -0.324 e. The van der Waals surface area contributed by atoms with E-state index in [-0.39, 0.29) is 5.56 Å². The van der Waals surface area contributed by atoms with Gasteiger partial charge in [-0.25, -0.2) is 9.97 Å². The van der Waals surface area contributed by atoms with Crippen molar-refractivity contribution >= 4 is 22.1 Å². The summed E-state index contributed by atoms with van der Waals surface area (Å²) in [4.78, 5) is 30.8. The van der Waals surface area contributed by atoms with E-state index in [0.29, 0.717) is 5.52 Å². The largest absolute Gasteiger partial charge is 0.324 e. The van der Waals surface area contributed by atoms with Gasteiger partial charge in [-0.2, -0.15) is 0 Å². The number of aromatic amines is 1. The van der Waals surface area contributed by atoms with Gasteiger partial charge in [-0.3, -0.25) is 9.78 Å². The number of aryl methyl sites for hydroxylation is 1. The Labute approximate surface area is 203 Å². The molecule has 0 bridgehead atoms. The summed E-state index contributed by atoms with van der Waals surface area (Å²) in [6.45, 7) is 4.38. The number of hydrogen-bond acceptors (Lipinski definition) is 5. The Morgan fingerprint density at radius 2 is 1.57 bits per heavy atom. The molecule has 0 radical (unpaired) electrons. The molecule has 1 N–H and O–H groups in total. The molecule has 3 aromatic heterocycles. The van der Waals surface area contributed by atoms with Gasteiger partial charge in [0, 0.05) is 24.5 Å². The van der Waals surface area contributed by atoms with Crippen LogP contribution in [0.15, 0.2) is 71.9 Å². The molecule has 0 spiro atoms.